The lowest BCUT2D eigenvalue weighted by Gasteiger charge is -2.08. The number of hydrogen-bond donors (Lipinski definition) is 0. The Morgan fingerprint density at radius 2 is 1.95 bits per heavy atom. The largest absolute Gasteiger partial charge is 0.493 e. The van der Waals surface area contributed by atoms with Gasteiger partial charge in [-0.3, -0.25) is 9.59 Å². The van der Waals surface area contributed by atoms with E-state index >= 15 is 0 Å². The summed E-state index contributed by atoms with van der Waals surface area (Å²) in [5.74, 6) is 0.0565. The van der Waals surface area contributed by atoms with Crippen LogP contribution in [0.25, 0.3) is 6.08 Å². The molecule has 0 saturated carbocycles. The quantitative estimate of drug-likeness (QED) is 0.596. The Morgan fingerprint density at radius 3 is 2.52 bits per heavy atom. The highest BCUT2D eigenvalue weighted by Crippen LogP contribution is 2.28. The topological polar surface area (TPSA) is 61.8 Å². The molecule has 0 N–H and O–H groups in total. The van der Waals surface area contributed by atoms with Crippen LogP contribution < -0.4 is 9.47 Å². The first-order chi connectivity index (χ1) is 9.93. The van der Waals surface area contributed by atoms with Gasteiger partial charge in [0.2, 0.25) is 0 Å². The van der Waals surface area contributed by atoms with Gasteiger partial charge >= 0.3 is 11.9 Å². The Bertz CT molecular complexity index is 531. The molecule has 0 unspecified atom stereocenters. The van der Waals surface area contributed by atoms with E-state index in [9.17, 15) is 9.59 Å². The molecule has 114 valence electrons. The zero-order chi connectivity index (χ0) is 15.8. The molecule has 0 aliphatic carbocycles. The molecule has 0 fully saturated rings. The minimum Gasteiger partial charge on any atom is -0.493 e. The Balaban J connectivity index is 2.67. The van der Waals surface area contributed by atoms with Gasteiger partial charge in [-0.05, 0) is 23.8 Å². The van der Waals surface area contributed by atoms with Gasteiger partial charge in [0.25, 0.3) is 0 Å². The highest BCUT2D eigenvalue weighted by Gasteiger charge is 2.08. The van der Waals surface area contributed by atoms with Crippen molar-refractivity contribution in [2.24, 2.45) is 5.92 Å². The summed E-state index contributed by atoms with van der Waals surface area (Å²) >= 11 is 0. The van der Waals surface area contributed by atoms with Gasteiger partial charge in [-0.25, -0.2) is 0 Å². The lowest BCUT2D eigenvalue weighted by molar-refractivity contribution is -0.146. The average Bonchev–Trinajstić information content (AvgIpc) is 2.43. The molecular weight excluding hydrogens is 272 g/mol. The predicted octanol–water partition coefficient (Wildman–Crippen LogP) is 2.83. The van der Waals surface area contributed by atoms with Crippen molar-refractivity contribution in [3.63, 3.8) is 0 Å². The van der Waals surface area contributed by atoms with E-state index in [0.29, 0.717) is 11.5 Å². The fourth-order valence-electron chi connectivity index (χ4n) is 1.51. The van der Waals surface area contributed by atoms with Gasteiger partial charge < -0.3 is 14.2 Å². The molecule has 1 aromatic rings. The number of benzene rings is 1. The molecule has 0 amide bonds. The molecular formula is C16H20O5. The maximum atomic E-state index is 11.3. The van der Waals surface area contributed by atoms with Crippen molar-refractivity contribution in [1.29, 1.82) is 0 Å². The van der Waals surface area contributed by atoms with Crippen molar-refractivity contribution >= 4 is 18.0 Å². The summed E-state index contributed by atoms with van der Waals surface area (Å²) < 4.78 is 15.2. The summed E-state index contributed by atoms with van der Waals surface area (Å²) in [4.78, 5) is 22.2. The lowest BCUT2D eigenvalue weighted by Crippen LogP contribution is -2.11. The molecule has 5 heteroatoms. The Kier molecular flexibility index (Phi) is 6.46. The van der Waals surface area contributed by atoms with Crippen LogP contribution >= 0.6 is 0 Å². The normalized spacial score (nSPS) is 10.7. The van der Waals surface area contributed by atoms with Crippen LogP contribution in [0.1, 0.15) is 26.3 Å². The maximum Gasteiger partial charge on any atom is 0.308 e. The SMILES string of the molecule is COc1cc(/C=C/COC(=O)C(C)C)ccc1OC(C)=O. The molecule has 0 aliphatic heterocycles. The summed E-state index contributed by atoms with van der Waals surface area (Å²) in [6, 6.07) is 5.17. The van der Waals surface area contributed by atoms with Crippen molar-refractivity contribution < 1.29 is 23.8 Å². The zero-order valence-electron chi connectivity index (χ0n) is 12.7. The summed E-state index contributed by atoms with van der Waals surface area (Å²) in [5.41, 5.74) is 0.850. The van der Waals surface area contributed by atoms with Gasteiger partial charge in [-0.15, -0.1) is 0 Å². The first-order valence-electron chi connectivity index (χ1n) is 6.63. The molecule has 1 aromatic carbocycles. The standard InChI is InChI=1S/C16H20O5/c1-11(2)16(18)20-9-5-6-13-7-8-14(21-12(3)17)15(10-13)19-4/h5-8,10-11H,9H2,1-4H3/b6-5+. The Hall–Kier alpha value is -2.30. The minimum atomic E-state index is -0.405. The van der Waals surface area contributed by atoms with Gasteiger partial charge in [-0.1, -0.05) is 26.0 Å². The number of carbonyl (C=O) groups excluding carboxylic acids is 2. The highest BCUT2D eigenvalue weighted by atomic mass is 16.6. The van der Waals surface area contributed by atoms with Crippen molar-refractivity contribution in [1.82, 2.24) is 0 Å². The maximum absolute atomic E-state index is 11.3. The van der Waals surface area contributed by atoms with Crippen molar-refractivity contribution in [3.8, 4) is 11.5 Å². The van der Waals surface area contributed by atoms with Crippen molar-refractivity contribution in [2.45, 2.75) is 20.8 Å². The Labute approximate surface area is 124 Å². The predicted molar refractivity (Wildman–Crippen MR) is 79.1 cm³/mol. The summed E-state index contributed by atoms with van der Waals surface area (Å²) in [5, 5.41) is 0. The average molecular weight is 292 g/mol. The van der Waals surface area contributed by atoms with Crippen LogP contribution in [0.5, 0.6) is 11.5 Å². The van der Waals surface area contributed by atoms with Gasteiger partial charge in [0.1, 0.15) is 6.61 Å². The zero-order valence-corrected chi connectivity index (χ0v) is 12.7. The number of methoxy groups -OCH3 is 1. The minimum absolute atomic E-state index is 0.137. The van der Waals surface area contributed by atoms with E-state index in [1.54, 1.807) is 44.2 Å². The number of esters is 2. The van der Waals surface area contributed by atoms with Crippen LogP contribution in [0.3, 0.4) is 0 Å². The van der Waals surface area contributed by atoms with E-state index in [0.717, 1.165) is 5.56 Å². The molecule has 0 aliphatic rings. The first-order valence-corrected chi connectivity index (χ1v) is 6.63. The Morgan fingerprint density at radius 1 is 1.24 bits per heavy atom. The summed E-state index contributed by atoms with van der Waals surface area (Å²) in [6.45, 7) is 5.11. The third kappa shape index (κ3) is 5.69. The van der Waals surface area contributed by atoms with Gasteiger partial charge in [0.05, 0.1) is 13.0 Å². The van der Waals surface area contributed by atoms with Crippen LogP contribution in [0, 0.1) is 5.92 Å². The van der Waals surface area contributed by atoms with Crippen LogP contribution in [0.15, 0.2) is 24.3 Å². The van der Waals surface area contributed by atoms with E-state index in [4.69, 9.17) is 14.2 Å². The second kappa shape index (κ2) is 8.09. The van der Waals surface area contributed by atoms with Gasteiger partial charge in [0.15, 0.2) is 11.5 Å². The molecule has 0 atom stereocenters. The lowest BCUT2D eigenvalue weighted by atomic mass is 10.2. The fourth-order valence-corrected chi connectivity index (χ4v) is 1.51. The van der Waals surface area contributed by atoms with Gasteiger partial charge in [0, 0.05) is 6.92 Å². The van der Waals surface area contributed by atoms with E-state index in [-0.39, 0.29) is 18.5 Å². The second-order valence-electron chi connectivity index (χ2n) is 4.69. The molecule has 0 radical (unpaired) electrons. The molecule has 1 rings (SSSR count). The molecule has 0 spiro atoms. The molecule has 0 bridgehead atoms. The number of hydrogen-bond acceptors (Lipinski definition) is 5. The van der Waals surface area contributed by atoms with E-state index < -0.39 is 5.97 Å². The van der Waals surface area contributed by atoms with Crippen molar-refractivity contribution in [2.75, 3.05) is 13.7 Å². The second-order valence-corrected chi connectivity index (χ2v) is 4.69. The van der Waals surface area contributed by atoms with Crippen LogP contribution in [0.2, 0.25) is 0 Å². The molecule has 0 saturated heterocycles. The fraction of sp³-hybridized carbons (Fsp3) is 0.375. The molecule has 0 heterocycles. The number of rotatable bonds is 6. The smallest absolute Gasteiger partial charge is 0.308 e. The molecule has 5 nitrogen and oxygen atoms in total. The molecule has 21 heavy (non-hydrogen) atoms. The van der Waals surface area contributed by atoms with Crippen LogP contribution in [-0.4, -0.2) is 25.7 Å². The summed E-state index contributed by atoms with van der Waals surface area (Å²) in [7, 11) is 1.50. The van der Waals surface area contributed by atoms with E-state index in [1.165, 1.54) is 14.0 Å². The van der Waals surface area contributed by atoms with Crippen molar-refractivity contribution in [3.05, 3.63) is 29.8 Å². The summed E-state index contributed by atoms with van der Waals surface area (Å²) in [6.07, 6.45) is 3.54. The molecule has 0 aromatic heterocycles. The first kappa shape index (κ1) is 16.8. The van der Waals surface area contributed by atoms with E-state index in [2.05, 4.69) is 0 Å². The van der Waals surface area contributed by atoms with Gasteiger partial charge in [-0.2, -0.15) is 0 Å². The highest BCUT2D eigenvalue weighted by molar-refractivity contribution is 5.72. The number of ether oxygens (including phenoxy) is 3. The third-order valence-corrected chi connectivity index (χ3v) is 2.54. The van der Waals surface area contributed by atoms with Crippen LogP contribution in [-0.2, 0) is 14.3 Å². The number of carbonyl (C=O) groups is 2. The van der Waals surface area contributed by atoms with E-state index in [1.807, 2.05) is 0 Å². The monoisotopic (exact) mass is 292 g/mol. The van der Waals surface area contributed by atoms with Crippen LogP contribution in [0.4, 0.5) is 0 Å². The third-order valence-electron chi connectivity index (χ3n) is 2.54.